The molecule has 0 N–H and O–H groups in total. The first kappa shape index (κ1) is 24.9. The maximum atomic E-state index is 5.34. The third-order valence-corrected chi connectivity index (χ3v) is 9.16. The van der Waals surface area contributed by atoms with E-state index in [1.165, 1.54) is 28.0 Å². The minimum Gasteiger partial charge on any atom is -0.252 e. The number of aliphatic imine (C=N–C) groups is 1. The predicted molar refractivity (Wildman–Crippen MR) is 175 cm³/mol. The molecule has 0 amide bonds. The average molecular weight is 541 g/mol. The second-order valence-electron chi connectivity index (χ2n) is 11.7. The predicted octanol–water partition coefficient (Wildman–Crippen LogP) is 9.68. The number of benzene rings is 4. The summed E-state index contributed by atoms with van der Waals surface area (Å²) in [5.74, 6) is 1.31. The van der Waals surface area contributed by atoms with Gasteiger partial charge in [0.15, 0.2) is 0 Å². The smallest absolute Gasteiger partial charge is 0.0709 e. The largest absolute Gasteiger partial charge is 0.252 e. The average Bonchev–Trinajstić information content (AvgIpc) is 3.07. The van der Waals surface area contributed by atoms with Crippen LogP contribution in [0.25, 0.3) is 33.9 Å². The van der Waals surface area contributed by atoms with Crippen LogP contribution in [-0.4, -0.2) is 10.7 Å². The highest BCUT2D eigenvalue weighted by atomic mass is 14.8. The lowest BCUT2D eigenvalue weighted by molar-refractivity contribution is 0.488. The summed E-state index contributed by atoms with van der Waals surface area (Å²) in [5.41, 5.74) is 12.0. The van der Waals surface area contributed by atoms with Crippen molar-refractivity contribution in [2.45, 2.75) is 25.2 Å². The van der Waals surface area contributed by atoms with E-state index in [1.807, 2.05) is 6.07 Å². The van der Waals surface area contributed by atoms with E-state index in [0.29, 0.717) is 17.8 Å². The fourth-order valence-corrected chi connectivity index (χ4v) is 6.80. The molecule has 2 heterocycles. The summed E-state index contributed by atoms with van der Waals surface area (Å²) in [4.78, 5) is 10.2. The van der Waals surface area contributed by atoms with Crippen LogP contribution < -0.4 is 0 Å². The number of hydrogen-bond acceptors (Lipinski definition) is 2. The van der Waals surface area contributed by atoms with Crippen LogP contribution in [0.15, 0.2) is 138 Å². The minimum absolute atomic E-state index is 0.415. The third kappa shape index (κ3) is 4.63. The van der Waals surface area contributed by atoms with Crippen molar-refractivity contribution >= 4 is 28.4 Å². The van der Waals surface area contributed by atoms with Gasteiger partial charge in [-0.25, -0.2) is 4.98 Å². The quantitative estimate of drug-likeness (QED) is 0.208. The summed E-state index contributed by atoms with van der Waals surface area (Å²) in [6.07, 6.45) is 14.9. The molecule has 202 valence electrons. The number of allylic oxidation sites excluding steroid dienone is 4. The molecular weight excluding hydrogens is 508 g/mol. The minimum atomic E-state index is 0.415. The Kier molecular flexibility index (Phi) is 6.26. The molecule has 4 aromatic carbocycles. The van der Waals surface area contributed by atoms with Crippen LogP contribution in [-0.2, 0) is 6.42 Å². The molecule has 3 unspecified atom stereocenters. The van der Waals surface area contributed by atoms with Crippen molar-refractivity contribution in [3.63, 3.8) is 0 Å². The Morgan fingerprint density at radius 2 is 1.40 bits per heavy atom. The lowest BCUT2D eigenvalue weighted by Gasteiger charge is -2.32. The van der Waals surface area contributed by atoms with E-state index in [0.717, 1.165) is 52.7 Å². The molecule has 42 heavy (non-hydrogen) atoms. The Morgan fingerprint density at radius 3 is 2.31 bits per heavy atom. The summed E-state index contributed by atoms with van der Waals surface area (Å²) in [5, 5.41) is 1.16. The van der Waals surface area contributed by atoms with Crippen molar-refractivity contribution < 1.29 is 0 Å². The molecule has 5 aromatic rings. The van der Waals surface area contributed by atoms with E-state index in [2.05, 4.69) is 134 Å². The summed E-state index contributed by atoms with van der Waals surface area (Å²) in [6.45, 7) is 0. The second-order valence-corrected chi connectivity index (χ2v) is 11.7. The standard InChI is InChI=1S/C40H32N2/c1-2-9-33-25-34(22-15-27(33)7-1)28-13-20-32(21-14-28)40-36-11-5-3-10-35(36)26-39(42-40)31-18-16-30(17-19-31)38-24-23-29-8-4-6-12-37(29)41-38/h1-9,12-24,26,34-36H,10-11,25H2. The normalized spacial score (nSPS) is 20.9. The van der Waals surface area contributed by atoms with Crippen LogP contribution in [0.4, 0.5) is 0 Å². The van der Waals surface area contributed by atoms with Crippen molar-refractivity contribution in [2.24, 2.45) is 16.8 Å². The van der Waals surface area contributed by atoms with Crippen LogP contribution in [0, 0.1) is 11.8 Å². The Hall–Kier alpha value is -4.82. The molecule has 8 rings (SSSR count). The van der Waals surface area contributed by atoms with E-state index in [9.17, 15) is 0 Å². The number of aromatic nitrogens is 1. The summed E-state index contributed by atoms with van der Waals surface area (Å²) < 4.78 is 0. The summed E-state index contributed by atoms with van der Waals surface area (Å²) >= 11 is 0. The number of rotatable bonds is 4. The number of fused-ring (bicyclic) bond motifs is 3. The molecule has 1 aliphatic heterocycles. The van der Waals surface area contributed by atoms with Crippen molar-refractivity contribution in [1.29, 1.82) is 0 Å². The maximum Gasteiger partial charge on any atom is 0.0709 e. The number of para-hydroxylation sites is 1. The van der Waals surface area contributed by atoms with Gasteiger partial charge in [-0.2, -0.15) is 0 Å². The molecule has 0 fully saturated rings. The van der Waals surface area contributed by atoms with Gasteiger partial charge in [-0.05, 0) is 65.1 Å². The Balaban J connectivity index is 1.08. The zero-order valence-corrected chi connectivity index (χ0v) is 23.5. The fourth-order valence-electron chi connectivity index (χ4n) is 6.80. The topological polar surface area (TPSA) is 25.2 Å². The number of nitrogens with zero attached hydrogens (tertiary/aromatic N) is 2. The number of hydrogen-bond donors (Lipinski definition) is 0. The monoisotopic (exact) mass is 540 g/mol. The van der Waals surface area contributed by atoms with Gasteiger partial charge in [-0.3, -0.25) is 4.99 Å². The Morgan fingerprint density at radius 1 is 0.643 bits per heavy atom. The van der Waals surface area contributed by atoms with Crippen molar-refractivity contribution in [1.82, 2.24) is 4.98 Å². The van der Waals surface area contributed by atoms with Gasteiger partial charge in [0, 0.05) is 22.8 Å². The molecule has 0 saturated carbocycles. The Bertz CT molecular complexity index is 1900. The van der Waals surface area contributed by atoms with Crippen LogP contribution in [0.1, 0.15) is 46.6 Å². The van der Waals surface area contributed by atoms with E-state index in [1.54, 1.807) is 0 Å². The fraction of sp³-hybridized carbons (Fsp3) is 0.150. The zero-order valence-electron chi connectivity index (χ0n) is 23.5. The molecule has 0 spiro atoms. The molecule has 0 saturated heterocycles. The SMILES string of the molecule is C1=CCC2C(c3ccc(C4C=Cc5ccccc5C4)cc3)=NC(c3ccc(-c4ccc5ccccc5n4)cc3)=CC2C1. The molecule has 0 bridgehead atoms. The molecular formula is C40H32N2. The molecule has 1 aromatic heterocycles. The van der Waals surface area contributed by atoms with Crippen molar-refractivity contribution in [2.75, 3.05) is 0 Å². The summed E-state index contributed by atoms with van der Waals surface area (Å²) in [7, 11) is 0. The number of pyridine rings is 1. The van der Waals surface area contributed by atoms with Gasteiger partial charge in [-0.1, -0.05) is 127 Å². The van der Waals surface area contributed by atoms with Gasteiger partial charge in [0.05, 0.1) is 22.6 Å². The Labute approximate surface area is 247 Å². The first-order valence-electron chi connectivity index (χ1n) is 15.1. The van der Waals surface area contributed by atoms with E-state index in [4.69, 9.17) is 9.98 Å². The lowest BCUT2D eigenvalue weighted by Crippen LogP contribution is -2.28. The molecule has 2 heteroatoms. The van der Waals surface area contributed by atoms with Gasteiger partial charge < -0.3 is 0 Å². The van der Waals surface area contributed by atoms with Crippen LogP contribution >= 0.6 is 0 Å². The first-order valence-corrected chi connectivity index (χ1v) is 15.1. The summed E-state index contributed by atoms with van der Waals surface area (Å²) in [6, 6.07) is 39.3. The first-order chi connectivity index (χ1) is 20.8. The zero-order chi connectivity index (χ0) is 27.9. The highest BCUT2D eigenvalue weighted by Gasteiger charge is 2.31. The van der Waals surface area contributed by atoms with Gasteiger partial charge in [0.1, 0.15) is 0 Å². The lowest BCUT2D eigenvalue weighted by atomic mass is 9.75. The van der Waals surface area contributed by atoms with Crippen LogP contribution in [0.2, 0.25) is 0 Å². The van der Waals surface area contributed by atoms with Gasteiger partial charge in [-0.15, -0.1) is 0 Å². The van der Waals surface area contributed by atoms with Crippen LogP contribution in [0.5, 0.6) is 0 Å². The molecule has 2 nitrogen and oxygen atoms in total. The highest BCUT2D eigenvalue weighted by molar-refractivity contribution is 6.06. The van der Waals surface area contributed by atoms with Gasteiger partial charge >= 0.3 is 0 Å². The molecule has 2 aliphatic carbocycles. The van der Waals surface area contributed by atoms with Crippen molar-refractivity contribution in [3.8, 4) is 11.3 Å². The molecule has 3 atom stereocenters. The highest BCUT2D eigenvalue weighted by Crippen LogP contribution is 2.39. The van der Waals surface area contributed by atoms with Crippen LogP contribution in [0.3, 0.4) is 0 Å². The molecule has 3 aliphatic rings. The second kappa shape index (κ2) is 10.5. The molecule has 0 radical (unpaired) electrons. The van der Waals surface area contributed by atoms with E-state index >= 15 is 0 Å². The maximum absolute atomic E-state index is 5.34. The van der Waals surface area contributed by atoms with Gasteiger partial charge in [0.2, 0.25) is 0 Å². The van der Waals surface area contributed by atoms with E-state index < -0.39 is 0 Å². The third-order valence-electron chi connectivity index (χ3n) is 9.16. The van der Waals surface area contributed by atoms with Crippen molar-refractivity contribution in [3.05, 3.63) is 161 Å². The van der Waals surface area contributed by atoms with Gasteiger partial charge in [0.25, 0.3) is 0 Å². The van der Waals surface area contributed by atoms with E-state index in [-0.39, 0.29) is 0 Å².